The summed E-state index contributed by atoms with van der Waals surface area (Å²) in [4.78, 5) is 24.6. The topological polar surface area (TPSA) is 127 Å². The largest absolute Gasteiger partial charge is 0.491 e. The number of fused-ring (bicyclic) bond motifs is 1. The molecule has 1 aliphatic heterocycles. The molecule has 0 bridgehead atoms. The maximum absolute atomic E-state index is 11.7. The highest BCUT2D eigenvalue weighted by Crippen LogP contribution is 2.30. The number of nitrogens with one attached hydrogen (secondary N) is 3. The third-order valence-electron chi connectivity index (χ3n) is 4.35. The molecule has 2 aromatic heterocycles. The van der Waals surface area contributed by atoms with E-state index in [4.69, 9.17) is 10.5 Å². The number of hydrogen-bond acceptors (Lipinski definition) is 8. The molecule has 0 saturated heterocycles. The summed E-state index contributed by atoms with van der Waals surface area (Å²) < 4.78 is 5.70. The van der Waals surface area contributed by atoms with Crippen molar-refractivity contribution in [2.45, 2.75) is 13.0 Å². The van der Waals surface area contributed by atoms with Gasteiger partial charge in [0.25, 0.3) is 5.91 Å². The molecule has 0 unspecified atom stereocenters. The van der Waals surface area contributed by atoms with Gasteiger partial charge < -0.3 is 26.4 Å². The van der Waals surface area contributed by atoms with Crippen molar-refractivity contribution in [1.82, 2.24) is 15.0 Å². The van der Waals surface area contributed by atoms with Gasteiger partial charge in [-0.1, -0.05) is 6.07 Å². The van der Waals surface area contributed by atoms with Gasteiger partial charge in [0.05, 0.1) is 30.1 Å². The van der Waals surface area contributed by atoms with Crippen molar-refractivity contribution in [1.29, 1.82) is 0 Å². The van der Waals surface area contributed by atoms with Gasteiger partial charge in [0, 0.05) is 24.6 Å². The third kappa shape index (κ3) is 4.52. The Bertz CT molecular complexity index is 1010. The van der Waals surface area contributed by atoms with Crippen LogP contribution in [0.3, 0.4) is 0 Å². The SMILES string of the molecule is NC(=O)c1cnc(Nc2ccc3c(c2)NCCCO3)nc1NCc1ccccn1. The summed E-state index contributed by atoms with van der Waals surface area (Å²) in [6, 6.07) is 11.3. The summed E-state index contributed by atoms with van der Waals surface area (Å²) in [6.45, 7) is 1.94. The molecular formula is C20H21N7O2. The van der Waals surface area contributed by atoms with Crippen molar-refractivity contribution in [3.05, 3.63) is 60.0 Å². The Kier molecular flexibility index (Phi) is 5.37. The lowest BCUT2D eigenvalue weighted by molar-refractivity contribution is 0.100. The molecule has 0 atom stereocenters. The zero-order valence-electron chi connectivity index (χ0n) is 15.7. The minimum atomic E-state index is -0.605. The fourth-order valence-electron chi connectivity index (χ4n) is 2.91. The number of ether oxygens (including phenoxy) is 1. The first kappa shape index (κ1) is 18.5. The average molecular weight is 391 g/mol. The van der Waals surface area contributed by atoms with Gasteiger partial charge >= 0.3 is 0 Å². The van der Waals surface area contributed by atoms with E-state index in [1.807, 2.05) is 36.4 Å². The Morgan fingerprint density at radius 2 is 2.17 bits per heavy atom. The second kappa shape index (κ2) is 8.42. The summed E-state index contributed by atoms with van der Waals surface area (Å²) in [6.07, 6.45) is 4.05. The highest BCUT2D eigenvalue weighted by Gasteiger charge is 2.14. The number of rotatable bonds is 6. The molecule has 1 aliphatic rings. The molecule has 0 saturated carbocycles. The van der Waals surface area contributed by atoms with Gasteiger partial charge in [0.2, 0.25) is 5.95 Å². The second-order valence-corrected chi connectivity index (χ2v) is 6.46. The number of anilines is 4. The van der Waals surface area contributed by atoms with Crippen LogP contribution in [0.2, 0.25) is 0 Å². The van der Waals surface area contributed by atoms with Crippen molar-refractivity contribution in [3.8, 4) is 5.75 Å². The van der Waals surface area contributed by atoms with E-state index in [0.717, 1.165) is 35.8 Å². The van der Waals surface area contributed by atoms with Gasteiger partial charge in [0.15, 0.2) is 0 Å². The first-order valence-corrected chi connectivity index (χ1v) is 9.27. The number of pyridine rings is 1. The van der Waals surface area contributed by atoms with E-state index in [1.165, 1.54) is 6.20 Å². The quantitative estimate of drug-likeness (QED) is 0.505. The number of benzene rings is 1. The number of hydrogen-bond donors (Lipinski definition) is 4. The van der Waals surface area contributed by atoms with Crippen molar-refractivity contribution in [2.24, 2.45) is 5.73 Å². The van der Waals surface area contributed by atoms with Crippen LogP contribution in [-0.2, 0) is 6.54 Å². The van der Waals surface area contributed by atoms with E-state index >= 15 is 0 Å². The number of primary amides is 1. The Morgan fingerprint density at radius 1 is 1.24 bits per heavy atom. The lowest BCUT2D eigenvalue weighted by atomic mass is 10.2. The minimum Gasteiger partial charge on any atom is -0.491 e. The molecule has 0 fully saturated rings. The first-order chi connectivity index (χ1) is 14.2. The highest BCUT2D eigenvalue weighted by atomic mass is 16.5. The number of nitrogens with zero attached hydrogens (tertiary/aromatic N) is 3. The van der Waals surface area contributed by atoms with Crippen molar-refractivity contribution >= 4 is 29.0 Å². The fraction of sp³-hybridized carbons (Fsp3) is 0.200. The molecular weight excluding hydrogens is 370 g/mol. The average Bonchev–Trinajstić information content (AvgIpc) is 2.98. The zero-order chi connectivity index (χ0) is 20.1. The van der Waals surface area contributed by atoms with E-state index in [2.05, 4.69) is 30.9 Å². The normalized spacial score (nSPS) is 12.7. The summed E-state index contributed by atoms with van der Waals surface area (Å²) in [5.74, 6) is 0.895. The molecule has 9 heteroatoms. The molecule has 1 aromatic carbocycles. The van der Waals surface area contributed by atoms with Crippen molar-refractivity contribution < 1.29 is 9.53 Å². The Labute approximate surface area is 167 Å². The molecule has 0 radical (unpaired) electrons. The summed E-state index contributed by atoms with van der Waals surface area (Å²) in [5, 5.41) is 9.60. The number of carbonyl (C=O) groups excluding carboxylic acids is 1. The Hall–Kier alpha value is -3.88. The molecule has 3 aromatic rings. The fourth-order valence-corrected chi connectivity index (χ4v) is 2.91. The summed E-state index contributed by atoms with van der Waals surface area (Å²) >= 11 is 0. The van der Waals surface area contributed by atoms with E-state index in [9.17, 15) is 4.79 Å². The first-order valence-electron chi connectivity index (χ1n) is 9.27. The predicted octanol–water partition coefficient (Wildman–Crippen LogP) is 2.52. The molecule has 148 valence electrons. The van der Waals surface area contributed by atoms with Gasteiger partial charge in [-0.15, -0.1) is 0 Å². The minimum absolute atomic E-state index is 0.212. The number of aromatic nitrogens is 3. The van der Waals surface area contributed by atoms with Gasteiger partial charge in [-0.25, -0.2) is 4.98 Å². The third-order valence-corrected chi connectivity index (χ3v) is 4.35. The summed E-state index contributed by atoms with van der Waals surface area (Å²) in [7, 11) is 0. The van der Waals surface area contributed by atoms with Crippen LogP contribution in [0.15, 0.2) is 48.8 Å². The number of nitrogens with two attached hydrogens (primary N) is 1. The van der Waals surface area contributed by atoms with Gasteiger partial charge in [-0.05, 0) is 36.8 Å². The monoisotopic (exact) mass is 391 g/mol. The summed E-state index contributed by atoms with van der Waals surface area (Å²) in [5.41, 5.74) is 8.19. The van der Waals surface area contributed by atoms with E-state index in [0.29, 0.717) is 24.9 Å². The molecule has 9 nitrogen and oxygen atoms in total. The van der Waals surface area contributed by atoms with Crippen LogP contribution < -0.4 is 26.4 Å². The maximum Gasteiger partial charge on any atom is 0.254 e. The van der Waals surface area contributed by atoms with Crippen LogP contribution in [0.1, 0.15) is 22.5 Å². The smallest absolute Gasteiger partial charge is 0.254 e. The standard InChI is InChI=1S/C20H21N7O2/c21-18(28)15-12-25-20(27-19(15)24-11-14-4-1-2-7-22-14)26-13-5-6-17-16(10-13)23-8-3-9-29-17/h1-2,4-7,10,12,23H,3,8-9,11H2,(H2,21,28)(H2,24,25,26,27). The molecule has 29 heavy (non-hydrogen) atoms. The van der Waals surface area contributed by atoms with Crippen LogP contribution in [0.4, 0.5) is 23.1 Å². The Balaban J connectivity index is 1.54. The second-order valence-electron chi connectivity index (χ2n) is 6.46. The molecule has 1 amide bonds. The number of carbonyl (C=O) groups is 1. The van der Waals surface area contributed by atoms with E-state index < -0.39 is 5.91 Å². The van der Waals surface area contributed by atoms with Crippen molar-refractivity contribution in [3.63, 3.8) is 0 Å². The lowest BCUT2D eigenvalue weighted by Crippen LogP contribution is -2.17. The Morgan fingerprint density at radius 3 is 3.00 bits per heavy atom. The van der Waals surface area contributed by atoms with E-state index in [1.54, 1.807) is 6.20 Å². The van der Waals surface area contributed by atoms with Gasteiger partial charge in [-0.2, -0.15) is 4.98 Å². The van der Waals surface area contributed by atoms with Crippen LogP contribution in [-0.4, -0.2) is 34.0 Å². The number of amides is 1. The highest BCUT2D eigenvalue weighted by molar-refractivity contribution is 5.97. The van der Waals surface area contributed by atoms with E-state index in [-0.39, 0.29) is 5.56 Å². The van der Waals surface area contributed by atoms with Crippen LogP contribution >= 0.6 is 0 Å². The molecule has 0 spiro atoms. The molecule has 3 heterocycles. The predicted molar refractivity (Wildman–Crippen MR) is 110 cm³/mol. The van der Waals surface area contributed by atoms with Gasteiger partial charge in [0.1, 0.15) is 11.6 Å². The molecule has 4 rings (SSSR count). The zero-order valence-corrected chi connectivity index (χ0v) is 15.7. The lowest BCUT2D eigenvalue weighted by Gasteiger charge is -2.13. The van der Waals surface area contributed by atoms with Crippen LogP contribution in [0, 0.1) is 0 Å². The van der Waals surface area contributed by atoms with Crippen LogP contribution in [0.5, 0.6) is 5.75 Å². The maximum atomic E-state index is 11.7. The van der Waals surface area contributed by atoms with Crippen LogP contribution in [0.25, 0.3) is 0 Å². The molecule has 5 N–H and O–H groups in total. The molecule has 0 aliphatic carbocycles. The van der Waals surface area contributed by atoms with Gasteiger partial charge in [-0.3, -0.25) is 9.78 Å². The van der Waals surface area contributed by atoms with Crippen molar-refractivity contribution in [2.75, 3.05) is 29.1 Å².